The second kappa shape index (κ2) is 9.01. The van der Waals surface area contributed by atoms with Gasteiger partial charge in [-0.2, -0.15) is 0 Å². The molecule has 1 aromatic heterocycles. The molecule has 0 bridgehead atoms. The number of fused-ring (bicyclic) bond motifs is 1. The summed E-state index contributed by atoms with van der Waals surface area (Å²) in [6.07, 6.45) is 2.60. The Hall–Kier alpha value is -2.00. The van der Waals surface area contributed by atoms with Crippen LogP contribution in [0.25, 0.3) is 11.0 Å². The van der Waals surface area contributed by atoms with E-state index in [1.807, 2.05) is 0 Å². The van der Waals surface area contributed by atoms with Crippen LogP contribution in [0, 0.1) is 11.7 Å². The zero-order chi connectivity index (χ0) is 21.1. The molecular weight excluding hydrogens is 429 g/mol. The zero-order valence-electron chi connectivity index (χ0n) is 16.4. The van der Waals surface area contributed by atoms with Crippen molar-refractivity contribution in [2.75, 3.05) is 26.2 Å². The zero-order valence-corrected chi connectivity index (χ0v) is 17.9. The molecule has 0 aliphatic carbocycles. The molecule has 4 rings (SSSR count). The number of nitrogens with zero attached hydrogens (tertiary/aromatic N) is 2. The summed E-state index contributed by atoms with van der Waals surface area (Å²) >= 11 is 5.90. The van der Waals surface area contributed by atoms with Crippen molar-refractivity contribution in [1.82, 2.24) is 14.8 Å². The number of nitrogens with one attached hydrogen (secondary N) is 1. The minimum atomic E-state index is -3.56. The van der Waals surface area contributed by atoms with Crippen molar-refractivity contribution in [2.45, 2.75) is 24.2 Å². The van der Waals surface area contributed by atoms with Crippen LogP contribution in [0.5, 0.6) is 0 Å². The van der Waals surface area contributed by atoms with Gasteiger partial charge in [-0.25, -0.2) is 17.5 Å². The standard InChI is InChI=1S/C21H23ClFN3O3S/c22-16-3-1-4-18(11-16)30(27,28)24-13-15-8-10-26(14-15)9-2-5-20-19-7-6-17(23)12-21(19)29-25-20/h1,3-4,6-7,11-12,15,24H,2,5,8-10,13-14H2. The first-order valence-electron chi connectivity index (χ1n) is 9.92. The number of aryl methyl sites for hydroxylation is 1. The van der Waals surface area contributed by atoms with Crippen LogP contribution in [-0.4, -0.2) is 44.7 Å². The van der Waals surface area contributed by atoms with Crippen molar-refractivity contribution in [3.05, 3.63) is 59.0 Å². The van der Waals surface area contributed by atoms with Gasteiger partial charge < -0.3 is 9.42 Å². The second-order valence-electron chi connectivity index (χ2n) is 7.64. The first-order valence-corrected chi connectivity index (χ1v) is 11.8. The molecular formula is C21H23ClFN3O3S. The van der Waals surface area contributed by atoms with Gasteiger partial charge in [0.15, 0.2) is 5.58 Å². The van der Waals surface area contributed by atoms with Crippen molar-refractivity contribution >= 4 is 32.6 Å². The molecule has 1 saturated heterocycles. The van der Waals surface area contributed by atoms with E-state index in [4.69, 9.17) is 16.1 Å². The number of hydrogen-bond acceptors (Lipinski definition) is 5. The number of rotatable bonds is 8. The van der Waals surface area contributed by atoms with E-state index >= 15 is 0 Å². The lowest BCUT2D eigenvalue weighted by Gasteiger charge is -2.16. The smallest absolute Gasteiger partial charge is 0.240 e. The first kappa shape index (κ1) is 21.2. The van der Waals surface area contributed by atoms with Gasteiger partial charge >= 0.3 is 0 Å². The van der Waals surface area contributed by atoms with Gasteiger partial charge in [0.05, 0.1) is 10.6 Å². The summed E-state index contributed by atoms with van der Waals surface area (Å²) in [5.74, 6) is -0.0610. The van der Waals surface area contributed by atoms with Crippen molar-refractivity contribution in [1.29, 1.82) is 0 Å². The van der Waals surface area contributed by atoms with Crippen molar-refractivity contribution in [3.8, 4) is 0 Å². The fraction of sp³-hybridized carbons (Fsp3) is 0.381. The number of hydrogen-bond donors (Lipinski definition) is 1. The fourth-order valence-electron chi connectivity index (χ4n) is 3.84. The van der Waals surface area contributed by atoms with Gasteiger partial charge in [-0.3, -0.25) is 0 Å². The Kier molecular flexibility index (Phi) is 6.38. The van der Waals surface area contributed by atoms with E-state index in [0.717, 1.165) is 50.0 Å². The van der Waals surface area contributed by atoms with Crippen molar-refractivity contribution in [3.63, 3.8) is 0 Å². The maximum absolute atomic E-state index is 13.2. The van der Waals surface area contributed by atoms with Gasteiger partial charge in [-0.15, -0.1) is 0 Å². The lowest BCUT2D eigenvalue weighted by Crippen LogP contribution is -2.31. The van der Waals surface area contributed by atoms with E-state index in [2.05, 4.69) is 14.8 Å². The summed E-state index contributed by atoms with van der Waals surface area (Å²) in [6, 6.07) is 10.7. The molecule has 0 spiro atoms. The largest absolute Gasteiger partial charge is 0.356 e. The third-order valence-corrected chi connectivity index (χ3v) is 7.09. The lowest BCUT2D eigenvalue weighted by molar-refractivity contribution is 0.318. The molecule has 1 fully saturated rings. The van der Waals surface area contributed by atoms with E-state index < -0.39 is 10.0 Å². The van der Waals surface area contributed by atoms with Gasteiger partial charge in [0.1, 0.15) is 5.82 Å². The molecule has 30 heavy (non-hydrogen) atoms. The molecule has 1 unspecified atom stereocenters. The van der Waals surface area contributed by atoms with E-state index in [-0.39, 0.29) is 16.6 Å². The maximum atomic E-state index is 13.2. The minimum Gasteiger partial charge on any atom is -0.356 e. The van der Waals surface area contributed by atoms with Crippen LogP contribution in [0.4, 0.5) is 4.39 Å². The van der Waals surface area contributed by atoms with Crippen LogP contribution in [0.3, 0.4) is 0 Å². The SMILES string of the molecule is O=S(=O)(NCC1CCN(CCCc2noc3cc(F)ccc23)C1)c1cccc(Cl)c1. The predicted octanol–water partition coefficient (Wildman–Crippen LogP) is 3.85. The average Bonchev–Trinajstić information content (AvgIpc) is 3.33. The number of halogens is 2. The Bertz CT molecular complexity index is 1140. The summed E-state index contributed by atoms with van der Waals surface area (Å²) in [6.45, 7) is 3.09. The Morgan fingerprint density at radius 2 is 2.13 bits per heavy atom. The topological polar surface area (TPSA) is 75.4 Å². The third-order valence-electron chi connectivity index (χ3n) is 5.44. The van der Waals surface area contributed by atoms with Crippen molar-refractivity contribution in [2.24, 2.45) is 5.92 Å². The van der Waals surface area contributed by atoms with Gasteiger partial charge in [-0.1, -0.05) is 22.8 Å². The molecule has 1 aliphatic heterocycles. The lowest BCUT2D eigenvalue weighted by atomic mass is 10.1. The van der Waals surface area contributed by atoms with Crippen LogP contribution < -0.4 is 4.72 Å². The molecule has 1 aliphatic rings. The summed E-state index contributed by atoms with van der Waals surface area (Å²) in [5, 5.41) is 5.31. The Labute approximate surface area is 180 Å². The molecule has 160 valence electrons. The molecule has 0 radical (unpaired) electrons. The Morgan fingerprint density at radius 3 is 2.97 bits per heavy atom. The summed E-state index contributed by atoms with van der Waals surface area (Å²) in [4.78, 5) is 2.52. The number of likely N-dealkylation sites (tertiary alicyclic amines) is 1. The summed E-state index contributed by atoms with van der Waals surface area (Å²) in [7, 11) is -3.56. The van der Waals surface area contributed by atoms with Crippen molar-refractivity contribution < 1.29 is 17.3 Å². The Morgan fingerprint density at radius 1 is 1.27 bits per heavy atom. The monoisotopic (exact) mass is 451 g/mol. The number of benzene rings is 2. The highest BCUT2D eigenvalue weighted by Gasteiger charge is 2.24. The molecule has 0 amide bonds. The first-order chi connectivity index (χ1) is 14.4. The van der Waals surface area contributed by atoms with E-state index in [9.17, 15) is 12.8 Å². The second-order valence-corrected chi connectivity index (χ2v) is 9.84. The molecule has 2 aromatic carbocycles. The average molecular weight is 452 g/mol. The molecule has 1 N–H and O–H groups in total. The van der Waals surface area contributed by atoms with Gasteiger partial charge in [0.2, 0.25) is 10.0 Å². The quantitative estimate of drug-likeness (QED) is 0.563. The molecule has 9 heteroatoms. The molecule has 1 atom stereocenters. The number of sulfonamides is 1. The molecule has 6 nitrogen and oxygen atoms in total. The highest BCUT2D eigenvalue weighted by molar-refractivity contribution is 7.89. The summed E-state index contributed by atoms with van der Waals surface area (Å²) in [5.41, 5.74) is 1.31. The molecule has 0 saturated carbocycles. The van der Waals surface area contributed by atoms with E-state index in [0.29, 0.717) is 17.2 Å². The Balaban J connectivity index is 1.24. The van der Waals surface area contributed by atoms with Gasteiger partial charge in [0.25, 0.3) is 0 Å². The van der Waals surface area contributed by atoms with Gasteiger partial charge in [0, 0.05) is 29.6 Å². The van der Waals surface area contributed by atoms with E-state index in [1.165, 1.54) is 24.3 Å². The third kappa shape index (κ3) is 5.00. The van der Waals surface area contributed by atoms with Gasteiger partial charge in [-0.05, 0) is 68.6 Å². The molecule has 2 heterocycles. The van der Waals surface area contributed by atoms with Crippen LogP contribution in [0.15, 0.2) is 51.9 Å². The van der Waals surface area contributed by atoms with Crippen LogP contribution in [-0.2, 0) is 16.4 Å². The minimum absolute atomic E-state index is 0.185. The van der Waals surface area contributed by atoms with Crippen LogP contribution in [0.1, 0.15) is 18.5 Å². The molecule has 3 aromatic rings. The predicted molar refractivity (Wildman–Crippen MR) is 113 cm³/mol. The van der Waals surface area contributed by atoms with E-state index in [1.54, 1.807) is 18.2 Å². The summed E-state index contributed by atoms with van der Waals surface area (Å²) < 4.78 is 46.0. The number of aromatic nitrogens is 1. The van der Waals surface area contributed by atoms with Crippen LogP contribution >= 0.6 is 11.6 Å². The highest BCUT2D eigenvalue weighted by atomic mass is 35.5. The fourth-order valence-corrected chi connectivity index (χ4v) is 5.26. The normalized spacial score (nSPS) is 17.7. The van der Waals surface area contributed by atoms with Crippen LogP contribution in [0.2, 0.25) is 5.02 Å². The maximum Gasteiger partial charge on any atom is 0.240 e. The highest BCUT2D eigenvalue weighted by Crippen LogP contribution is 2.22.